The Labute approximate surface area is 118 Å². The van der Waals surface area contributed by atoms with Gasteiger partial charge < -0.3 is 5.32 Å². The second-order valence-corrected chi connectivity index (χ2v) is 5.41. The van der Waals surface area contributed by atoms with Gasteiger partial charge in [0.1, 0.15) is 0 Å². The third-order valence-corrected chi connectivity index (χ3v) is 3.77. The summed E-state index contributed by atoms with van der Waals surface area (Å²) in [5.41, 5.74) is 1.02. The van der Waals surface area contributed by atoms with E-state index < -0.39 is 0 Å². The van der Waals surface area contributed by atoms with Gasteiger partial charge in [-0.25, -0.2) is 0 Å². The summed E-state index contributed by atoms with van der Waals surface area (Å²) >= 11 is 9.27. The Kier molecular flexibility index (Phi) is 4.37. The second-order valence-electron chi connectivity index (χ2n) is 4.12. The number of piperidine rings is 1. The highest BCUT2D eigenvalue weighted by Crippen LogP contribution is 2.21. The maximum atomic E-state index is 11.5. The molecule has 1 saturated heterocycles. The Morgan fingerprint density at radius 1 is 1.44 bits per heavy atom. The molecule has 0 aromatic heterocycles. The summed E-state index contributed by atoms with van der Waals surface area (Å²) in [6.45, 7) is 0.546. The maximum absolute atomic E-state index is 11.5. The lowest BCUT2D eigenvalue weighted by Crippen LogP contribution is -2.50. The summed E-state index contributed by atoms with van der Waals surface area (Å²) in [4.78, 5) is 22.5. The quantitative estimate of drug-likeness (QED) is 0.833. The van der Waals surface area contributed by atoms with Crippen LogP contribution in [0.4, 0.5) is 0 Å². The third kappa shape index (κ3) is 3.31. The lowest BCUT2D eigenvalue weighted by atomic mass is 10.1. The van der Waals surface area contributed by atoms with E-state index in [2.05, 4.69) is 26.6 Å². The first-order valence-electron chi connectivity index (χ1n) is 5.57. The molecule has 4 nitrogen and oxygen atoms in total. The lowest BCUT2D eigenvalue weighted by Gasteiger charge is -2.22. The van der Waals surface area contributed by atoms with E-state index in [0.717, 1.165) is 10.0 Å². The number of hydrogen-bond donors (Lipinski definition) is 2. The van der Waals surface area contributed by atoms with Gasteiger partial charge in [-0.1, -0.05) is 33.6 Å². The molecule has 1 aromatic carbocycles. The Hall–Kier alpha value is -0.910. The normalized spacial score (nSPS) is 19.8. The number of rotatable bonds is 3. The van der Waals surface area contributed by atoms with Crippen molar-refractivity contribution in [1.82, 2.24) is 10.6 Å². The van der Waals surface area contributed by atoms with Crippen LogP contribution in [0.3, 0.4) is 0 Å². The minimum atomic E-state index is -0.315. The molecular formula is C12H12BrClN2O2. The van der Waals surface area contributed by atoms with Crippen LogP contribution in [0.2, 0.25) is 5.02 Å². The van der Waals surface area contributed by atoms with Crippen molar-refractivity contribution in [3.63, 3.8) is 0 Å². The molecule has 1 heterocycles. The van der Waals surface area contributed by atoms with Crippen LogP contribution in [0.1, 0.15) is 18.4 Å². The fraction of sp³-hybridized carbons (Fsp3) is 0.333. The molecule has 18 heavy (non-hydrogen) atoms. The molecule has 0 aliphatic carbocycles. The fourth-order valence-corrected chi connectivity index (χ4v) is 2.61. The zero-order valence-electron chi connectivity index (χ0n) is 9.50. The van der Waals surface area contributed by atoms with Gasteiger partial charge in [-0.2, -0.15) is 0 Å². The van der Waals surface area contributed by atoms with Gasteiger partial charge in [0.25, 0.3) is 0 Å². The zero-order chi connectivity index (χ0) is 13.1. The molecule has 6 heteroatoms. The number of imide groups is 1. The van der Waals surface area contributed by atoms with E-state index in [1.807, 2.05) is 12.1 Å². The largest absolute Gasteiger partial charge is 0.302 e. The number of carbonyl (C=O) groups is 2. The van der Waals surface area contributed by atoms with Gasteiger partial charge in [0.05, 0.1) is 6.04 Å². The van der Waals surface area contributed by atoms with E-state index in [0.29, 0.717) is 24.4 Å². The molecule has 0 radical (unpaired) electrons. The van der Waals surface area contributed by atoms with Crippen molar-refractivity contribution in [1.29, 1.82) is 0 Å². The van der Waals surface area contributed by atoms with Crippen LogP contribution in [-0.2, 0) is 16.1 Å². The number of benzene rings is 1. The van der Waals surface area contributed by atoms with E-state index in [9.17, 15) is 9.59 Å². The van der Waals surface area contributed by atoms with E-state index in [-0.39, 0.29) is 17.9 Å². The molecule has 0 saturated carbocycles. The van der Waals surface area contributed by atoms with Crippen molar-refractivity contribution in [2.45, 2.75) is 25.4 Å². The van der Waals surface area contributed by atoms with Crippen LogP contribution < -0.4 is 10.6 Å². The number of carbonyl (C=O) groups excluding carboxylic acids is 2. The number of halogens is 2. The van der Waals surface area contributed by atoms with Crippen molar-refractivity contribution >= 4 is 39.3 Å². The summed E-state index contributed by atoms with van der Waals surface area (Å²) in [5.74, 6) is -0.456. The Morgan fingerprint density at radius 2 is 2.22 bits per heavy atom. The first kappa shape index (κ1) is 13.5. The van der Waals surface area contributed by atoms with E-state index in [1.165, 1.54) is 0 Å². The smallest absolute Gasteiger partial charge is 0.243 e. The highest BCUT2D eigenvalue weighted by molar-refractivity contribution is 9.10. The van der Waals surface area contributed by atoms with Gasteiger partial charge in [-0.15, -0.1) is 0 Å². The summed E-state index contributed by atoms with van der Waals surface area (Å²) < 4.78 is 0.898. The van der Waals surface area contributed by atoms with Crippen molar-refractivity contribution in [2.75, 3.05) is 0 Å². The summed E-state index contributed by atoms with van der Waals surface area (Å²) in [7, 11) is 0. The number of hydrogen-bond acceptors (Lipinski definition) is 3. The lowest BCUT2D eigenvalue weighted by molar-refractivity contribution is -0.134. The molecule has 1 unspecified atom stereocenters. The average Bonchev–Trinajstić information content (AvgIpc) is 2.30. The van der Waals surface area contributed by atoms with Crippen molar-refractivity contribution in [2.24, 2.45) is 0 Å². The maximum Gasteiger partial charge on any atom is 0.243 e. The Balaban J connectivity index is 1.95. The van der Waals surface area contributed by atoms with Gasteiger partial charge in [0.15, 0.2) is 0 Å². The molecular weight excluding hydrogens is 320 g/mol. The molecule has 1 aromatic rings. The second kappa shape index (κ2) is 5.82. The van der Waals surface area contributed by atoms with Gasteiger partial charge >= 0.3 is 0 Å². The van der Waals surface area contributed by atoms with E-state index in [4.69, 9.17) is 11.6 Å². The van der Waals surface area contributed by atoms with Crippen LogP contribution in [0.25, 0.3) is 0 Å². The molecule has 0 spiro atoms. The monoisotopic (exact) mass is 330 g/mol. The van der Waals surface area contributed by atoms with E-state index >= 15 is 0 Å². The van der Waals surface area contributed by atoms with E-state index in [1.54, 1.807) is 6.07 Å². The molecule has 2 N–H and O–H groups in total. The van der Waals surface area contributed by atoms with Crippen LogP contribution in [0.15, 0.2) is 22.7 Å². The fourth-order valence-electron chi connectivity index (χ4n) is 1.79. The van der Waals surface area contributed by atoms with Gasteiger partial charge in [-0.3, -0.25) is 14.9 Å². The minimum Gasteiger partial charge on any atom is -0.302 e. The molecule has 2 rings (SSSR count). The summed E-state index contributed by atoms with van der Waals surface area (Å²) in [6, 6.07) is 5.19. The molecule has 1 aliphatic heterocycles. The Morgan fingerprint density at radius 3 is 2.89 bits per heavy atom. The summed E-state index contributed by atoms with van der Waals surface area (Å²) in [5, 5.41) is 6.11. The zero-order valence-corrected chi connectivity index (χ0v) is 11.8. The highest BCUT2D eigenvalue weighted by Gasteiger charge is 2.25. The minimum absolute atomic E-state index is 0.203. The predicted molar refractivity (Wildman–Crippen MR) is 72.2 cm³/mol. The molecule has 96 valence electrons. The molecule has 1 atom stereocenters. The first-order chi connectivity index (χ1) is 8.56. The van der Waals surface area contributed by atoms with Gasteiger partial charge in [-0.05, 0) is 24.1 Å². The number of amides is 2. The molecule has 1 fully saturated rings. The van der Waals surface area contributed by atoms with Crippen molar-refractivity contribution < 1.29 is 9.59 Å². The standard InChI is InChI=1S/C12H12BrClN2O2/c13-9-5-8(14)2-1-7(9)6-15-10-3-4-11(17)16-12(10)18/h1-2,5,10,15H,3-4,6H2,(H,16,17,18). The average molecular weight is 332 g/mol. The van der Waals surface area contributed by atoms with Gasteiger partial charge in [0.2, 0.25) is 11.8 Å². The third-order valence-electron chi connectivity index (χ3n) is 2.79. The highest BCUT2D eigenvalue weighted by atomic mass is 79.9. The first-order valence-corrected chi connectivity index (χ1v) is 6.74. The topological polar surface area (TPSA) is 58.2 Å². The molecule has 2 amide bonds. The number of nitrogens with one attached hydrogen (secondary N) is 2. The molecule has 0 bridgehead atoms. The van der Waals surface area contributed by atoms with Crippen LogP contribution >= 0.6 is 27.5 Å². The van der Waals surface area contributed by atoms with Crippen LogP contribution in [0.5, 0.6) is 0 Å². The van der Waals surface area contributed by atoms with Crippen molar-refractivity contribution in [3.05, 3.63) is 33.3 Å². The summed E-state index contributed by atoms with van der Waals surface area (Å²) in [6.07, 6.45) is 0.918. The van der Waals surface area contributed by atoms with Crippen molar-refractivity contribution in [3.8, 4) is 0 Å². The Bertz CT molecular complexity index is 493. The van der Waals surface area contributed by atoms with Crippen LogP contribution in [-0.4, -0.2) is 17.9 Å². The van der Waals surface area contributed by atoms with Crippen LogP contribution in [0, 0.1) is 0 Å². The predicted octanol–water partition coefficient (Wildman–Crippen LogP) is 2.00. The SMILES string of the molecule is O=C1CCC(NCc2ccc(Cl)cc2Br)C(=O)N1. The van der Waals surface area contributed by atoms with Gasteiger partial charge in [0, 0.05) is 22.5 Å². The molecule has 1 aliphatic rings.